The Bertz CT molecular complexity index is 502. The number of benzene rings is 1. The van der Waals surface area contributed by atoms with E-state index in [-0.39, 0.29) is 11.1 Å². The molecule has 0 bridgehead atoms. The molecule has 1 saturated heterocycles. The van der Waals surface area contributed by atoms with Crippen LogP contribution < -0.4 is 5.32 Å². The molecule has 0 saturated carbocycles. The Kier molecular flexibility index (Phi) is 5.72. The zero-order valence-electron chi connectivity index (χ0n) is 13.6. The summed E-state index contributed by atoms with van der Waals surface area (Å²) in [6.07, 6.45) is 4.00. The fourth-order valence-corrected chi connectivity index (χ4v) is 2.87. The third kappa shape index (κ3) is 5.48. The van der Waals surface area contributed by atoms with E-state index in [1.54, 1.807) is 0 Å². The second-order valence-corrected chi connectivity index (χ2v) is 6.90. The topological polar surface area (TPSA) is 86.6 Å². The van der Waals surface area contributed by atoms with Crippen LogP contribution in [-0.2, 0) is 0 Å². The van der Waals surface area contributed by atoms with Gasteiger partial charge in [0.15, 0.2) is 0 Å². The average Bonchev–Trinajstić information content (AvgIpc) is 2.36. The van der Waals surface area contributed by atoms with E-state index in [1.165, 1.54) is 43.5 Å². The van der Waals surface area contributed by atoms with Crippen molar-refractivity contribution in [3.8, 4) is 0 Å². The Labute approximate surface area is 131 Å². The quantitative estimate of drug-likeness (QED) is 0.779. The van der Waals surface area contributed by atoms with Crippen LogP contribution in [-0.4, -0.2) is 33.2 Å². The summed E-state index contributed by atoms with van der Waals surface area (Å²) in [6, 6.07) is 5.48. The summed E-state index contributed by atoms with van der Waals surface area (Å²) in [5.74, 6) is -2.46. The standard InChI is InChI=1S/C9H19N.C8H6O4/c1-8(2)6-5-7-9(3,4)10-8;9-7(10)5-3-1-2-4-6(5)8(11)12/h10H,5-7H2,1-4H3;1-4H,(H,9,10)(H,11,12). The number of aromatic carboxylic acids is 2. The van der Waals surface area contributed by atoms with Crippen LogP contribution in [0.1, 0.15) is 67.7 Å². The molecule has 1 fully saturated rings. The van der Waals surface area contributed by atoms with Crippen LogP contribution in [0.25, 0.3) is 0 Å². The number of carbonyl (C=O) groups is 2. The highest BCUT2D eigenvalue weighted by Crippen LogP contribution is 2.27. The third-order valence-corrected chi connectivity index (χ3v) is 3.67. The van der Waals surface area contributed by atoms with Gasteiger partial charge in [-0.3, -0.25) is 0 Å². The molecule has 5 nitrogen and oxygen atoms in total. The summed E-state index contributed by atoms with van der Waals surface area (Å²) in [7, 11) is 0. The van der Waals surface area contributed by atoms with Crippen molar-refractivity contribution in [3.63, 3.8) is 0 Å². The first-order valence-corrected chi connectivity index (χ1v) is 7.39. The van der Waals surface area contributed by atoms with Crippen molar-refractivity contribution in [2.45, 2.75) is 58.0 Å². The Morgan fingerprint density at radius 1 is 0.909 bits per heavy atom. The third-order valence-electron chi connectivity index (χ3n) is 3.67. The molecular formula is C17H25NO4. The Morgan fingerprint density at radius 3 is 1.50 bits per heavy atom. The molecule has 0 atom stereocenters. The lowest BCUT2D eigenvalue weighted by Gasteiger charge is -2.42. The Morgan fingerprint density at radius 2 is 1.27 bits per heavy atom. The summed E-state index contributed by atoms with van der Waals surface area (Å²) < 4.78 is 0. The van der Waals surface area contributed by atoms with E-state index < -0.39 is 11.9 Å². The minimum absolute atomic E-state index is 0.190. The summed E-state index contributed by atoms with van der Waals surface area (Å²) in [6.45, 7) is 9.14. The van der Waals surface area contributed by atoms with Gasteiger partial charge in [-0.2, -0.15) is 0 Å². The number of rotatable bonds is 2. The molecule has 0 amide bonds. The molecule has 0 spiro atoms. The van der Waals surface area contributed by atoms with Crippen molar-refractivity contribution in [3.05, 3.63) is 35.4 Å². The first-order valence-electron chi connectivity index (χ1n) is 7.39. The van der Waals surface area contributed by atoms with Crippen molar-refractivity contribution in [1.82, 2.24) is 5.32 Å². The van der Waals surface area contributed by atoms with Crippen LogP contribution in [0.15, 0.2) is 24.3 Å². The molecule has 22 heavy (non-hydrogen) atoms. The van der Waals surface area contributed by atoms with Crippen molar-refractivity contribution in [2.75, 3.05) is 0 Å². The van der Waals surface area contributed by atoms with Crippen molar-refractivity contribution < 1.29 is 19.8 Å². The molecule has 1 aliphatic rings. The fourth-order valence-electron chi connectivity index (χ4n) is 2.87. The minimum atomic E-state index is -1.23. The van der Waals surface area contributed by atoms with Gasteiger partial charge < -0.3 is 15.5 Å². The van der Waals surface area contributed by atoms with Gasteiger partial charge in [0, 0.05) is 11.1 Å². The molecule has 3 N–H and O–H groups in total. The Hall–Kier alpha value is -1.88. The smallest absolute Gasteiger partial charge is 0.336 e. The van der Waals surface area contributed by atoms with E-state index in [1.807, 2.05) is 0 Å². The van der Waals surface area contributed by atoms with Crippen LogP contribution in [0.3, 0.4) is 0 Å². The van der Waals surface area contributed by atoms with Gasteiger partial charge in [-0.1, -0.05) is 12.1 Å². The number of piperidine rings is 1. The molecule has 0 radical (unpaired) electrons. The maximum Gasteiger partial charge on any atom is 0.336 e. The van der Waals surface area contributed by atoms with Gasteiger partial charge in [0.1, 0.15) is 0 Å². The first-order chi connectivity index (χ1) is 10.0. The highest BCUT2D eigenvalue weighted by Gasteiger charge is 2.31. The maximum absolute atomic E-state index is 10.5. The molecule has 0 aromatic heterocycles. The zero-order valence-corrected chi connectivity index (χ0v) is 13.6. The highest BCUT2D eigenvalue weighted by molar-refractivity contribution is 6.01. The summed E-state index contributed by atoms with van der Waals surface area (Å²) in [5.41, 5.74) is 0.346. The maximum atomic E-state index is 10.5. The summed E-state index contributed by atoms with van der Waals surface area (Å²) in [4.78, 5) is 20.9. The van der Waals surface area contributed by atoms with E-state index in [2.05, 4.69) is 33.0 Å². The van der Waals surface area contributed by atoms with E-state index in [9.17, 15) is 9.59 Å². The molecular weight excluding hydrogens is 282 g/mol. The molecule has 0 aliphatic carbocycles. The molecule has 122 valence electrons. The predicted octanol–water partition coefficient (Wildman–Crippen LogP) is 3.40. The Balaban J connectivity index is 0.000000224. The van der Waals surface area contributed by atoms with Gasteiger partial charge in [0.2, 0.25) is 0 Å². The van der Waals surface area contributed by atoms with E-state index >= 15 is 0 Å². The van der Waals surface area contributed by atoms with Crippen molar-refractivity contribution >= 4 is 11.9 Å². The van der Waals surface area contributed by atoms with Crippen LogP contribution in [0.4, 0.5) is 0 Å². The normalized spacial score (nSPS) is 18.7. The SMILES string of the molecule is CC1(C)CCCC(C)(C)N1.O=C(O)c1ccccc1C(=O)O. The number of hydrogen-bond acceptors (Lipinski definition) is 3. The molecule has 2 rings (SSSR count). The molecule has 1 aliphatic heterocycles. The highest BCUT2D eigenvalue weighted by atomic mass is 16.4. The van der Waals surface area contributed by atoms with Crippen LogP contribution in [0, 0.1) is 0 Å². The predicted molar refractivity (Wildman–Crippen MR) is 85.5 cm³/mol. The fraction of sp³-hybridized carbons (Fsp3) is 0.529. The summed E-state index contributed by atoms with van der Waals surface area (Å²) in [5, 5.41) is 20.7. The molecule has 1 aromatic rings. The number of carboxylic acid groups (broad SMARTS) is 2. The van der Waals surface area contributed by atoms with Crippen LogP contribution in [0.5, 0.6) is 0 Å². The van der Waals surface area contributed by atoms with Crippen LogP contribution >= 0.6 is 0 Å². The minimum Gasteiger partial charge on any atom is -0.478 e. The monoisotopic (exact) mass is 307 g/mol. The van der Waals surface area contributed by atoms with E-state index in [0.717, 1.165) is 0 Å². The van der Waals surface area contributed by atoms with E-state index in [4.69, 9.17) is 10.2 Å². The van der Waals surface area contributed by atoms with E-state index in [0.29, 0.717) is 11.1 Å². The number of hydrogen-bond donors (Lipinski definition) is 3. The molecule has 5 heteroatoms. The average molecular weight is 307 g/mol. The largest absolute Gasteiger partial charge is 0.478 e. The molecule has 1 heterocycles. The lowest BCUT2D eigenvalue weighted by Crippen LogP contribution is -2.55. The summed E-state index contributed by atoms with van der Waals surface area (Å²) >= 11 is 0. The van der Waals surface area contributed by atoms with Gasteiger partial charge in [0.05, 0.1) is 11.1 Å². The van der Waals surface area contributed by atoms with Crippen molar-refractivity contribution in [2.24, 2.45) is 0 Å². The zero-order chi connectivity index (χ0) is 17.0. The second-order valence-electron chi connectivity index (χ2n) is 6.90. The lowest BCUT2D eigenvalue weighted by molar-refractivity contribution is 0.0651. The molecule has 1 aromatic carbocycles. The van der Waals surface area contributed by atoms with Crippen molar-refractivity contribution in [1.29, 1.82) is 0 Å². The lowest BCUT2D eigenvalue weighted by atomic mass is 9.83. The number of carboxylic acids is 2. The second kappa shape index (κ2) is 6.92. The van der Waals surface area contributed by atoms with Crippen LogP contribution in [0.2, 0.25) is 0 Å². The van der Waals surface area contributed by atoms with Gasteiger partial charge in [-0.15, -0.1) is 0 Å². The number of nitrogens with one attached hydrogen (secondary N) is 1. The first kappa shape index (κ1) is 18.2. The van der Waals surface area contributed by atoms with Gasteiger partial charge in [0.25, 0.3) is 0 Å². The van der Waals surface area contributed by atoms with Gasteiger partial charge >= 0.3 is 11.9 Å². The van der Waals surface area contributed by atoms with Gasteiger partial charge in [-0.25, -0.2) is 9.59 Å². The molecule has 0 unspecified atom stereocenters. The van der Waals surface area contributed by atoms with Gasteiger partial charge in [-0.05, 0) is 59.1 Å².